The van der Waals surface area contributed by atoms with Crippen molar-refractivity contribution in [3.63, 3.8) is 0 Å². The smallest absolute Gasteiger partial charge is 0.263 e. The molecule has 7 heteroatoms. The number of fused-ring (bicyclic) bond motifs is 1. The number of hydrogen-bond donors (Lipinski definition) is 1. The Morgan fingerprint density at radius 1 is 1.19 bits per heavy atom. The number of aryl methyl sites for hydroxylation is 3. The summed E-state index contributed by atoms with van der Waals surface area (Å²) in [5.41, 5.74) is 4.07. The van der Waals surface area contributed by atoms with Gasteiger partial charge in [0, 0.05) is 23.1 Å². The van der Waals surface area contributed by atoms with Crippen molar-refractivity contribution in [2.75, 3.05) is 6.54 Å². The highest BCUT2D eigenvalue weighted by atomic mass is 32.1. The van der Waals surface area contributed by atoms with Crippen molar-refractivity contribution in [3.8, 4) is 16.9 Å². The van der Waals surface area contributed by atoms with Crippen molar-refractivity contribution < 1.29 is 18.7 Å². The third kappa shape index (κ3) is 4.23. The minimum absolute atomic E-state index is 0.124. The molecule has 1 aliphatic rings. The van der Waals surface area contributed by atoms with Gasteiger partial charge in [-0.15, -0.1) is 11.3 Å². The minimum atomic E-state index is -0.408. The van der Waals surface area contributed by atoms with E-state index in [0.29, 0.717) is 40.3 Å². The third-order valence-corrected chi connectivity index (χ3v) is 6.38. The minimum Gasteiger partial charge on any atom is -0.487 e. The predicted octanol–water partition coefficient (Wildman–Crippen LogP) is 4.81. The third-order valence-electron chi connectivity index (χ3n) is 5.31. The van der Waals surface area contributed by atoms with Crippen molar-refractivity contribution in [1.29, 1.82) is 0 Å². The molecule has 0 unspecified atom stereocenters. The van der Waals surface area contributed by atoms with Gasteiger partial charge in [-0.25, -0.2) is 9.37 Å². The lowest BCUT2D eigenvalue weighted by molar-refractivity contribution is 0.0936. The Labute approximate surface area is 184 Å². The SMILES string of the molecule is CC(=O)c1ccc(F)c(-c2cc(C)cc3c2O[C@H](CNC(=O)c2sc(C)nc2C)C3)c1. The number of halogens is 1. The van der Waals surface area contributed by atoms with Crippen LogP contribution in [0.2, 0.25) is 0 Å². The first-order valence-electron chi connectivity index (χ1n) is 10.1. The number of thiazole rings is 1. The van der Waals surface area contributed by atoms with Gasteiger partial charge >= 0.3 is 0 Å². The van der Waals surface area contributed by atoms with Gasteiger partial charge in [0.05, 0.1) is 17.2 Å². The summed E-state index contributed by atoms with van der Waals surface area (Å²) >= 11 is 1.37. The summed E-state index contributed by atoms with van der Waals surface area (Å²) in [4.78, 5) is 29.2. The van der Waals surface area contributed by atoms with Gasteiger partial charge in [-0.3, -0.25) is 9.59 Å². The van der Waals surface area contributed by atoms with E-state index in [2.05, 4.69) is 10.3 Å². The van der Waals surface area contributed by atoms with Gasteiger partial charge < -0.3 is 10.1 Å². The van der Waals surface area contributed by atoms with Crippen LogP contribution >= 0.6 is 11.3 Å². The molecule has 0 bridgehead atoms. The molecule has 0 aliphatic carbocycles. The summed E-state index contributed by atoms with van der Waals surface area (Å²) in [7, 11) is 0. The highest BCUT2D eigenvalue weighted by Gasteiger charge is 2.28. The Hall–Kier alpha value is -3.06. The first kappa shape index (κ1) is 21.2. The van der Waals surface area contributed by atoms with Gasteiger partial charge in [-0.1, -0.05) is 6.07 Å². The zero-order valence-corrected chi connectivity index (χ0v) is 18.7. The molecular formula is C24H23FN2O3S. The number of carbonyl (C=O) groups is 2. The van der Waals surface area contributed by atoms with Crippen LogP contribution < -0.4 is 10.1 Å². The standard InChI is InChI=1S/C24H23FN2O3S/c1-12-7-17-9-18(11-26-24(29)23-13(2)27-15(4)31-23)30-22(17)20(8-12)19-10-16(14(3)28)5-6-21(19)25/h5-8,10,18H,9,11H2,1-4H3,(H,26,29)/t18-/m0/s1. The number of hydrogen-bond acceptors (Lipinski definition) is 5. The highest BCUT2D eigenvalue weighted by Crippen LogP contribution is 2.41. The Kier molecular flexibility index (Phi) is 5.62. The molecule has 1 atom stereocenters. The predicted molar refractivity (Wildman–Crippen MR) is 119 cm³/mol. The van der Waals surface area contributed by atoms with E-state index in [4.69, 9.17) is 4.74 Å². The van der Waals surface area contributed by atoms with Gasteiger partial charge in [-0.05, 0) is 63.1 Å². The molecule has 160 valence electrons. The molecule has 1 N–H and O–H groups in total. The van der Waals surface area contributed by atoms with Crippen LogP contribution in [-0.2, 0) is 6.42 Å². The molecule has 0 saturated heterocycles. The topological polar surface area (TPSA) is 68.3 Å². The summed E-state index contributed by atoms with van der Waals surface area (Å²) in [5, 5.41) is 3.78. The first-order chi connectivity index (χ1) is 14.7. The van der Waals surface area contributed by atoms with Gasteiger partial charge in [0.2, 0.25) is 0 Å². The summed E-state index contributed by atoms with van der Waals surface area (Å²) < 4.78 is 20.8. The Morgan fingerprint density at radius 3 is 2.65 bits per heavy atom. The number of nitrogens with one attached hydrogen (secondary N) is 1. The number of rotatable bonds is 5. The average molecular weight is 439 g/mol. The zero-order valence-electron chi connectivity index (χ0n) is 17.8. The molecule has 3 aromatic rings. The Morgan fingerprint density at radius 2 is 1.97 bits per heavy atom. The maximum absolute atomic E-state index is 14.7. The summed E-state index contributed by atoms with van der Waals surface area (Å²) in [6.07, 6.45) is 0.354. The molecule has 1 amide bonds. The van der Waals surface area contributed by atoms with Gasteiger partial charge in [0.25, 0.3) is 5.91 Å². The quantitative estimate of drug-likeness (QED) is 0.581. The molecule has 1 aromatic heterocycles. The van der Waals surface area contributed by atoms with E-state index >= 15 is 0 Å². The molecule has 5 nitrogen and oxygen atoms in total. The highest BCUT2D eigenvalue weighted by molar-refractivity contribution is 7.13. The first-order valence-corrected chi connectivity index (χ1v) is 10.9. The maximum Gasteiger partial charge on any atom is 0.263 e. The van der Waals surface area contributed by atoms with E-state index < -0.39 is 5.82 Å². The van der Waals surface area contributed by atoms with E-state index in [1.807, 2.05) is 32.9 Å². The van der Waals surface area contributed by atoms with Gasteiger partial charge in [-0.2, -0.15) is 0 Å². The second kappa shape index (κ2) is 8.23. The fraction of sp³-hybridized carbons (Fsp3) is 0.292. The monoisotopic (exact) mass is 438 g/mol. The Balaban J connectivity index is 1.57. The fourth-order valence-electron chi connectivity index (χ4n) is 3.89. The van der Waals surface area contributed by atoms with Crippen molar-refractivity contribution in [2.45, 2.75) is 40.2 Å². The molecular weight excluding hydrogens is 415 g/mol. The van der Waals surface area contributed by atoms with Crippen LogP contribution in [-0.4, -0.2) is 29.3 Å². The second-order valence-electron chi connectivity index (χ2n) is 7.85. The number of carbonyl (C=O) groups excluding carboxylic acids is 2. The van der Waals surface area contributed by atoms with Crippen molar-refractivity contribution >= 4 is 23.0 Å². The Bertz CT molecular complexity index is 1200. The van der Waals surface area contributed by atoms with E-state index in [1.54, 1.807) is 6.07 Å². The van der Waals surface area contributed by atoms with Crippen molar-refractivity contribution in [3.05, 3.63) is 68.4 Å². The van der Waals surface area contributed by atoms with Crippen LogP contribution in [0.15, 0.2) is 30.3 Å². The van der Waals surface area contributed by atoms with Crippen LogP contribution in [0.1, 0.15) is 48.8 Å². The molecule has 0 radical (unpaired) electrons. The number of aromatic nitrogens is 1. The summed E-state index contributed by atoms with van der Waals surface area (Å²) in [5.74, 6) is -0.0941. The van der Waals surface area contributed by atoms with E-state index in [0.717, 1.165) is 21.8 Å². The number of Topliss-reactive ketones (excluding diaryl/α,β-unsaturated/α-hetero) is 1. The molecule has 2 aromatic carbocycles. The number of nitrogens with zero attached hydrogens (tertiary/aromatic N) is 1. The molecule has 0 spiro atoms. The van der Waals surface area contributed by atoms with Gasteiger partial charge in [0.1, 0.15) is 22.5 Å². The van der Waals surface area contributed by atoms with Gasteiger partial charge in [0.15, 0.2) is 5.78 Å². The zero-order chi connectivity index (χ0) is 22.3. The number of ketones is 1. The second-order valence-corrected chi connectivity index (χ2v) is 9.06. The summed E-state index contributed by atoms with van der Waals surface area (Å²) in [6, 6.07) is 8.25. The molecule has 2 heterocycles. The van der Waals surface area contributed by atoms with Crippen LogP contribution in [0, 0.1) is 26.6 Å². The number of ether oxygens (including phenoxy) is 1. The van der Waals surface area contributed by atoms with Crippen molar-refractivity contribution in [2.24, 2.45) is 0 Å². The van der Waals surface area contributed by atoms with Crippen molar-refractivity contribution in [1.82, 2.24) is 10.3 Å². The van der Waals surface area contributed by atoms with Crippen LogP contribution in [0.5, 0.6) is 5.75 Å². The lowest BCUT2D eigenvalue weighted by Crippen LogP contribution is -2.34. The molecule has 0 fully saturated rings. The van der Waals surface area contributed by atoms with E-state index in [1.165, 1.54) is 30.4 Å². The maximum atomic E-state index is 14.7. The lowest BCUT2D eigenvalue weighted by Gasteiger charge is -2.14. The van der Waals surface area contributed by atoms with Crippen LogP contribution in [0.25, 0.3) is 11.1 Å². The lowest BCUT2D eigenvalue weighted by atomic mass is 9.95. The fourth-order valence-corrected chi connectivity index (χ4v) is 4.72. The van der Waals surface area contributed by atoms with Crippen LogP contribution in [0.4, 0.5) is 4.39 Å². The molecule has 31 heavy (non-hydrogen) atoms. The van der Waals surface area contributed by atoms with Crippen LogP contribution in [0.3, 0.4) is 0 Å². The molecule has 0 saturated carbocycles. The largest absolute Gasteiger partial charge is 0.487 e. The van der Waals surface area contributed by atoms with E-state index in [-0.39, 0.29) is 17.8 Å². The normalized spacial score (nSPS) is 14.8. The number of benzene rings is 2. The average Bonchev–Trinajstić information content (AvgIpc) is 3.27. The van der Waals surface area contributed by atoms with E-state index in [9.17, 15) is 14.0 Å². The molecule has 4 rings (SSSR count). The number of amides is 1. The summed E-state index contributed by atoms with van der Waals surface area (Å²) in [6.45, 7) is 7.42. The molecule has 1 aliphatic heterocycles.